The van der Waals surface area contributed by atoms with Crippen LogP contribution in [0.3, 0.4) is 0 Å². The Hall–Kier alpha value is -7.35. The van der Waals surface area contributed by atoms with Gasteiger partial charge in [-0.2, -0.15) is 0 Å². The summed E-state index contributed by atoms with van der Waals surface area (Å²) in [4.78, 5) is 142. The van der Waals surface area contributed by atoms with Gasteiger partial charge in [-0.15, -0.1) is 68.0 Å². The third-order valence-corrected chi connectivity index (χ3v) is 18.4. The molecule has 7 aromatic rings. The number of aromatic nitrogens is 7. The third kappa shape index (κ3) is 12.5. The average molecular weight is 1200 g/mol. The van der Waals surface area contributed by atoms with Crippen LogP contribution in [0.25, 0.3) is 43.4 Å². The largest absolute Gasteiger partial charge is 0.394 e. The van der Waals surface area contributed by atoms with Crippen LogP contribution in [0.1, 0.15) is 127 Å². The first-order valence-corrected chi connectivity index (χ1v) is 30.2. The van der Waals surface area contributed by atoms with Crippen molar-refractivity contribution in [1.82, 2.24) is 71.7 Å². The Balaban J connectivity index is 1.07. The molecular formula is C50H53N15O9S6. The fraction of sp³-hybridized carbons (Fsp3) is 0.380. The molecule has 10 bridgehead atoms. The van der Waals surface area contributed by atoms with Gasteiger partial charge in [0.15, 0.2) is 0 Å². The molecule has 418 valence electrons. The molecular weight excluding hydrogens is 1150 g/mol. The van der Waals surface area contributed by atoms with E-state index in [0.717, 1.165) is 34.0 Å². The molecule has 9 N–H and O–H groups in total. The van der Waals surface area contributed by atoms with Crippen LogP contribution in [0.4, 0.5) is 0 Å². The lowest BCUT2D eigenvalue weighted by molar-refractivity contribution is -0.139. The minimum Gasteiger partial charge on any atom is -0.394 e. The zero-order valence-electron chi connectivity index (χ0n) is 43.6. The van der Waals surface area contributed by atoms with Crippen molar-refractivity contribution >= 4 is 115 Å². The van der Waals surface area contributed by atoms with E-state index in [0.29, 0.717) is 76.1 Å². The minimum atomic E-state index is -1.36. The van der Waals surface area contributed by atoms with Crippen LogP contribution in [0, 0.1) is 18.8 Å². The summed E-state index contributed by atoms with van der Waals surface area (Å²) in [5, 5.41) is 37.6. The summed E-state index contributed by atoms with van der Waals surface area (Å²) in [6, 6.07) is -0.959. The number of carbonyl (C=O) groups is 8. The number of pyridine rings is 1. The molecule has 24 nitrogen and oxygen atoms in total. The van der Waals surface area contributed by atoms with Gasteiger partial charge in [0.25, 0.3) is 23.6 Å². The van der Waals surface area contributed by atoms with Gasteiger partial charge in [0.1, 0.15) is 82.0 Å². The summed E-state index contributed by atoms with van der Waals surface area (Å²) in [6.45, 7) is 8.52. The number of nitrogens with two attached hydrogens (primary N) is 1. The Kier molecular flexibility index (Phi) is 17.6. The highest BCUT2D eigenvalue weighted by atomic mass is 32.1. The normalized spacial score (nSPS) is 18.5. The first-order valence-electron chi connectivity index (χ1n) is 25.0. The smallest absolute Gasteiger partial charge is 0.271 e. The van der Waals surface area contributed by atoms with E-state index in [1.165, 1.54) is 51.3 Å². The van der Waals surface area contributed by atoms with E-state index in [4.69, 9.17) is 25.7 Å². The molecule has 0 spiro atoms. The van der Waals surface area contributed by atoms with Crippen LogP contribution in [-0.4, -0.2) is 131 Å². The Labute approximate surface area is 480 Å². The van der Waals surface area contributed by atoms with E-state index in [2.05, 4.69) is 46.9 Å². The Morgan fingerprint density at radius 3 is 2.06 bits per heavy atom. The first kappa shape index (κ1) is 57.3. The molecule has 0 radical (unpaired) electrons. The highest BCUT2D eigenvalue weighted by Gasteiger charge is 2.37. The topological polar surface area (TPSA) is 348 Å². The molecule has 0 aromatic carbocycles. The van der Waals surface area contributed by atoms with E-state index in [-0.39, 0.29) is 54.1 Å². The van der Waals surface area contributed by atoms with Crippen LogP contribution < -0.4 is 37.6 Å². The maximum absolute atomic E-state index is 14.2. The summed E-state index contributed by atoms with van der Waals surface area (Å²) in [5.74, 6) is -4.97. The van der Waals surface area contributed by atoms with Crippen molar-refractivity contribution in [3.63, 3.8) is 0 Å². The lowest BCUT2D eigenvalue weighted by Crippen LogP contribution is -2.54. The number of hydrogen-bond acceptors (Lipinski definition) is 22. The molecule has 2 aliphatic heterocycles. The molecule has 0 saturated carbocycles. The van der Waals surface area contributed by atoms with Gasteiger partial charge < -0.3 is 47.6 Å². The van der Waals surface area contributed by atoms with Crippen molar-refractivity contribution in [2.75, 3.05) is 26.7 Å². The maximum atomic E-state index is 14.2. The second-order valence-corrected chi connectivity index (χ2v) is 24.8. The quantitative estimate of drug-likeness (QED) is 0.0923. The summed E-state index contributed by atoms with van der Waals surface area (Å²) >= 11 is 7.20. The third-order valence-electron chi connectivity index (χ3n) is 12.9. The highest BCUT2D eigenvalue weighted by Crippen LogP contribution is 2.39. The van der Waals surface area contributed by atoms with E-state index in [1.54, 1.807) is 35.2 Å². The molecule has 1 fully saturated rings. The van der Waals surface area contributed by atoms with Crippen molar-refractivity contribution in [1.29, 1.82) is 0 Å². The van der Waals surface area contributed by atoms with Crippen LogP contribution in [0.2, 0.25) is 0 Å². The Morgan fingerprint density at radius 1 is 0.713 bits per heavy atom. The summed E-state index contributed by atoms with van der Waals surface area (Å²) in [6.07, 6.45) is 0.698. The van der Waals surface area contributed by atoms with Gasteiger partial charge in [0.05, 0.1) is 43.4 Å². The van der Waals surface area contributed by atoms with Crippen LogP contribution in [0.15, 0.2) is 39.0 Å². The van der Waals surface area contributed by atoms with E-state index in [9.17, 15) is 43.5 Å². The van der Waals surface area contributed by atoms with Crippen LogP contribution >= 0.6 is 68.0 Å². The predicted octanol–water partition coefficient (Wildman–Crippen LogP) is 4.66. The molecule has 0 aliphatic carbocycles. The summed E-state index contributed by atoms with van der Waals surface area (Å²) in [7, 11) is 1.46. The second-order valence-electron chi connectivity index (χ2n) is 19.2. The highest BCUT2D eigenvalue weighted by molar-refractivity contribution is 7.15. The number of hydrogen-bond donors (Lipinski definition) is 8. The molecule has 80 heavy (non-hydrogen) atoms. The SMILES string of the molecule is CNC(=O)CC1NC(=O)c2csc(n2)-c2ccc(-c3nc(C(=O)NC(CO)C(=O)N4CCCC4C(N)=O)cs3)nc2-c2csc(n2)-c2csc(n2)C(C(C)C)NC(=O)CNC(=O)c2csc(n2)C(C(C)C)NC(=O)c2nc1sc2C. The summed E-state index contributed by atoms with van der Waals surface area (Å²) < 4.78 is 0. The molecule has 5 atom stereocenters. The number of aryl methyl sites for hydroxylation is 1. The number of aliphatic hydroxyl groups is 1. The Bertz CT molecular complexity index is 3530. The fourth-order valence-corrected chi connectivity index (χ4v) is 14.1. The van der Waals surface area contributed by atoms with Crippen molar-refractivity contribution in [3.05, 3.63) is 81.7 Å². The monoisotopic (exact) mass is 1200 g/mol. The lowest BCUT2D eigenvalue weighted by atomic mass is 10.0. The van der Waals surface area contributed by atoms with Gasteiger partial charge in [-0.05, 0) is 43.7 Å². The number of nitrogens with zero attached hydrogens (tertiary/aromatic N) is 8. The van der Waals surface area contributed by atoms with Gasteiger partial charge in [0.2, 0.25) is 23.6 Å². The molecule has 9 rings (SSSR count). The number of amides is 8. The minimum absolute atomic E-state index is 0.0132. The van der Waals surface area contributed by atoms with E-state index >= 15 is 0 Å². The molecule has 9 heterocycles. The van der Waals surface area contributed by atoms with E-state index < -0.39 is 84.1 Å². The lowest BCUT2D eigenvalue weighted by Gasteiger charge is -2.26. The van der Waals surface area contributed by atoms with Gasteiger partial charge in [-0.25, -0.2) is 34.9 Å². The van der Waals surface area contributed by atoms with Crippen molar-refractivity contribution < 1.29 is 43.5 Å². The standard InChI is InChI=1S/C50H53N15O9S6/c1-20(2)35-48-61-31(19-79-48)46-57-27(15-76-46)38-23(9-10-24(54-38)45-59-30(18-77-45)42(72)56-26(14-66)50(74)65-11-7-8-32(65)39(51)69)44-58-29(17-75-44)41(71)55-25(12-33(67)52-6)47-64-37(22(5)80-47)43(73)63-36(21(3)4)49-60-28(16-78-49)40(70)53-13-34(68)62-35/h9-10,15-21,25-26,32,35-36,66H,7-8,11-14H2,1-6H3,(H2,51,69)(H,52,67)(H,53,70)(H,55,71)(H,56,72)(H,62,68)(H,63,73). The number of aliphatic hydroxyl groups excluding tert-OH is 1. The van der Waals surface area contributed by atoms with Gasteiger partial charge in [0, 0.05) is 50.9 Å². The molecule has 2 aliphatic rings. The van der Waals surface area contributed by atoms with E-state index in [1.807, 2.05) is 33.1 Å². The second kappa shape index (κ2) is 24.6. The number of nitrogens with one attached hydrogen (secondary N) is 6. The molecule has 5 unspecified atom stereocenters. The number of carbonyl (C=O) groups excluding carboxylic acids is 8. The number of thiazole rings is 6. The van der Waals surface area contributed by atoms with Crippen molar-refractivity contribution in [3.8, 4) is 43.4 Å². The van der Waals surface area contributed by atoms with Crippen LogP contribution in [0.5, 0.6) is 0 Å². The van der Waals surface area contributed by atoms with Crippen molar-refractivity contribution in [2.24, 2.45) is 17.6 Å². The molecule has 7 aromatic heterocycles. The fourth-order valence-electron chi connectivity index (χ4n) is 8.66. The predicted molar refractivity (Wildman–Crippen MR) is 302 cm³/mol. The van der Waals surface area contributed by atoms with Gasteiger partial charge in [-0.3, -0.25) is 38.4 Å². The van der Waals surface area contributed by atoms with Crippen LogP contribution in [-0.2, 0) is 19.2 Å². The van der Waals surface area contributed by atoms with Crippen molar-refractivity contribution in [2.45, 2.75) is 84.1 Å². The molecule has 30 heteroatoms. The number of fused-ring (bicyclic) bond motifs is 14. The maximum Gasteiger partial charge on any atom is 0.271 e. The van der Waals surface area contributed by atoms with Gasteiger partial charge in [-0.1, -0.05) is 27.7 Å². The summed E-state index contributed by atoms with van der Waals surface area (Å²) in [5.41, 5.74) is 7.67. The Morgan fingerprint density at radius 2 is 1.35 bits per heavy atom. The zero-order valence-corrected chi connectivity index (χ0v) is 48.5. The zero-order chi connectivity index (χ0) is 57.1. The van der Waals surface area contributed by atoms with Gasteiger partial charge >= 0.3 is 0 Å². The first-order chi connectivity index (χ1) is 38.3. The number of rotatable bonds is 10. The number of primary amides is 1. The molecule has 8 amide bonds. The average Bonchev–Trinajstić information content (AvgIpc) is 4.31. The molecule has 1 saturated heterocycles. The number of likely N-dealkylation sites (tertiary alicyclic amines) is 1.